The van der Waals surface area contributed by atoms with Crippen LogP contribution in [0.4, 0.5) is 0 Å². The van der Waals surface area contributed by atoms with Gasteiger partial charge in [-0.05, 0) is 25.6 Å². The summed E-state index contributed by atoms with van der Waals surface area (Å²) in [5.74, 6) is 1.01. The highest BCUT2D eigenvalue weighted by atomic mass is 16.5. The minimum Gasteiger partial charge on any atom is -0.484 e. The zero-order chi connectivity index (χ0) is 13.2. The van der Waals surface area contributed by atoms with Gasteiger partial charge in [-0.1, -0.05) is 48.0 Å². The maximum Gasteiger partial charge on any atom is 0.136 e. The number of likely N-dealkylation sites (N-methyl/N-ethyl adjacent to an activating group) is 1. The second kappa shape index (κ2) is 5.06. The number of nitrogens with zero attached hydrogens (tertiary/aromatic N) is 1. The van der Waals surface area contributed by atoms with Crippen molar-refractivity contribution in [1.82, 2.24) is 4.90 Å². The van der Waals surface area contributed by atoms with Gasteiger partial charge in [-0.15, -0.1) is 0 Å². The van der Waals surface area contributed by atoms with Gasteiger partial charge in [0.25, 0.3) is 0 Å². The first-order valence-electron chi connectivity index (χ1n) is 6.72. The van der Waals surface area contributed by atoms with Crippen molar-refractivity contribution >= 4 is 0 Å². The van der Waals surface area contributed by atoms with E-state index in [4.69, 9.17) is 4.74 Å². The van der Waals surface area contributed by atoms with Gasteiger partial charge in [0.2, 0.25) is 0 Å². The summed E-state index contributed by atoms with van der Waals surface area (Å²) in [5.41, 5.74) is 3.79. The van der Waals surface area contributed by atoms with E-state index in [-0.39, 0.29) is 6.10 Å². The number of rotatable bonds is 1. The third-order valence-electron chi connectivity index (χ3n) is 3.61. The molecule has 0 aliphatic carbocycles. The average Bonchev–Trinajstić information content (AvgIpc) is 2.57. The fourth-order valence-corrected chi connectivity index (χ4v) is 2.53. The van der Waals surface area contributed by atoms with Gasteiger partial charge in [-0.2, -0.15) is 0 Å². The Hall–Kier alpha value is -1.80. The Morgan fingerprint density at radius 2 is 1.79 bits per heavy atom. The molecule has 0 N–H and O–H groups in total. The lowest BCUT2D eigenvalue weighted by molar-refractivity contribution is 0.165. The molecule has 0 bridgehead atoms. The summed E-state index contributed by atoms with van der Waals surface area (Å²) in [4.78, 5) is 2.32. The van der Waals surface area contributed by atoms with E-state index >= 15 is 0 Å². The summed E-state index contributed by atoms with van der Waals surface area (Å²) in [6.45, 7) is 3.97. The van der Waals surface area contributed by atoms with Crippen LogP contribution in [0.5, 0.6) is 5.75 Å². The lowest BCUT2D eigenvalue weighted by Gasteiger charge is -2.20. The number of ether oxygens (including phenoxy) is 1. The van der Waals surface area contributed by atoms with Crippen molar-refractivity contribution < 1.29 is 4.74 Å². The molecule has 2 nitrogen and oxygen atoms in total. The summed E-state index contributed by atoms with van der Waals surface area (Å²) in [5, 5.41) is 0. The van der Waals surface area contributed by atoms with Gasteiger partial charge in [-0.25, -0.2) is 0 Å². The molecule has 98 valence electrons. The van der Waals surface area contributed by atoms with Gasteiger partial charge >= 0.3 is 0 Å². The van der Waals surface area contributed by atoms with Crippen LogP contribution < -0.4 is 4.74 Å². The molecule has 1 aliphatic rings. The van der Waals surface area contributed by atoms with Gasteiger partial charge < -0.3 is 4.74 Å². The quantitative estimate of drug-likeness (QED) is 0.770. The Labute approximate surface area is 114 Å². The summed E-state index contributed by atoms with van der Waals surface area (Å²) in [6.07, 6.45) is 0.106. The highest BCUT2D eigenvalue weighted by Crippen LogP contribution is 2.30. The van der Waals surface area contributed by atoms with Crippen LogP contribution in [0.3, 0.4) is 0 Å². The lowest BCUT2D eigenvalue weighted by atomic mass is 10.1. The van der Waals surface area contributed by atoms with Crippen LogP contribution in [0.1, 0.15) is 22.8 Å². The first-order valence-corrected chi connectivity index (χ1v) is 6.72. The molecule has 2 heteroatoms. The van der Waals surface area contributed by atoms with Crippen molar-refractivity contribution in [3.05, 3.63) is 65.2 Å². The van der Waals surface area contributed by atoms with Crippen LogP contribution in [0.25, 0.3) is 0 Å². The molecule has 1 atom stereocenters. The predicted octanol–water partition coefficient (Wildman–Crippen LogP) is 3.56. The highest BCUT2D eigenvalue weighted by molar-refractivity contribution is 5.35. The molecular weight excluding hydrogens is 234 g/mol. The molecule has 0 saturated carbocycles. The molecule has 0 saturated heterocycles. The monoisotopic (exact) mass is 253 g/mol. The van der Waals surface area contributed by atoms with Gasteiger partial charge in [0.15, 0.2) is 0 Å². The van der Waals surface area contributed by atoms with Crippen LogP contribution in [0.15, 0.2) is 48.5 Å². The van der Waals surface area contributed by atoms with Crippen LogP contribution in [0.2, 0.25) is 0 Å². The third-order valence-corrected chi connectivity index (χ3v) is 3.61. The molecule has 2 aromatic rings. The molecule has 0 amide bonds. The van der Waals surface area contributed by atoms with Crippen molar-refractivity contribution in [3.63, 3.8) is 0 Å². The van der Waals surface area contributed by atoms with E-state index in [9.17, 15) is 0 Å². The topological polar surface area (TPSA) is 12.5 Å². The molecular formula is C17H19NO. The van der Waals surface area contributed by atoms with E-state index in [1.54, 1.807) is 0 Å². The highest BCUT2D eigenvalue weighted by Gasteiger charge is 2.21. The zero-order valence-corrected chi connectivity index (χ0v) is 11.5. The molecule has 1 unspecified atom stereocenters. The van der Waals surface area contributed by atoms with E-state index in [2.05, 4.69) is 61.3 Å². The molecule has 2 aromatic carbocycles. The summed E-state index contributed by atoms with van der Waals surface area (Å²) >= 11 is 0. The van der Waals surface area contributed by atoms with E-state index in [0.29, 0.717) is 0 Å². The van der Waals surface area contributed by atoms with E-state index in [1.807, 2.05) is 6.07 Å². The average molecular weight is 253 g/mol. The Bertz CT molecular complexity index is 562. The maximum absolute atomic E-state index is 6.21. The predicted molar refractivity (Wildman–Crippen MR) is 77.3 cm³/mol. The fourth-order valence-electron chi connectivity index (χ4n) is 2.53. The first kappa shape index (κ1) is 12.2. The van der Waals surface area contributed by atoms with Gasteiger partial charge in [0.1, 0.15) is 11.9 Å². The number of hydrogen-bond acceptors (Lipinski definition) is 2. The summed E-state index contributed by atoms with van der Waals surface area (Å²) < 4.78 is 6.21. The number of benzene rings is 2. The molecule has 0 radical (unpaired) electrons. The molecule has 19 heavy (non-hydrogen) atoms. The van der Waals surface area contributed by atoms with Crippen molar-refractivity contribution in [1.29, 1.82) is 0 Å². The molecule has 3 rings (SSSR count). The SMILES string of the molecule is Cc1ccc(C2CN(C)Cc3ccccc3O2)cc1. The maximum atomic E-state index is 6.21. The molecule has 0 aromatic heterocycles. The summed E-state index contributed by atoms with van der Waals surface area (Å²) in [7, 11) is 2.15. The second-order valence-corrected chi connectivity index (χ2v) is 5.32. The molecule has 1 aliphatic heterocycles. The largest absolute Gasteiger partial charge is 0.484 e. The molecule has 1 heterocycles. The Balaban J connectivity index is 1.93. The third kappa shape index (κ3) is 2.64. The minimum atomic E-state index is 0.106. The minimum absolute atomic E-state index is 0.106. The standard InChI is InChI=1S/C17H19NO/c1-13-7-9-14(10-8-13)17-12-18(2)11-15-5-3-4-6-16(15)19-17/h3-10,17H,11-12H2,1-2H3. The fraction of sp³-hybridized carbons (Fsp3) is 0.294. The molecule has 0 spiro atoms. The second-order valence-electron chi connectivity index (χ2n) is 5.32. The number of para-hydroxylation sites is 1. The Morgan fingerprint density at radius 3 is 2.58 bits per heavy atom. The Kier molecular flexibility index (Phi) is 3.26. The van der Waals surface area contributed by atoms with Crippen molar-refractivity contribution in [2.75, 3.05) is 13.6 Å². The number of fused-ring (bicyclic) bond motifs is 1. The van der Waals surface area contributed by atoms with Gasteiger partial charge in [0, 0.05) is 18.7 Å². The number of hydrogen-bond donors (Lipinski definition) is 0. The first-order chi connectivity index (χ1) is 9.22. The van der Waals surface area contributed by atoms with Crippen molar-refractivity contribution in [2.24, 2.45) is 0 Å². The van der Waals surface area contributed by atoms with E-state index < -0.39 is 0 Å². The van der Waals surface area contributed by atoms with Crippen LogP contribution in [-0.4, -0.2) is 18.5 Å². The van der Waals surface area contributed by atoms with Crippen LogP contribution in [-0.2, 0) is 6.54 Å². The summed E-state index contributed by atoms with van der Waals surface area (Å²) in [6, 6.07) is 17.0. The van der Waals surface area contributed by atoms with Gasteiger partial charge in [0.05, 0.1) is 0 Å². The lowest BCUT2D eigenvalue weighted by Crippen LogP contribution is -2.24. The van der Waals surface area contributed by atoms with Crippen LogP contribution >= 0.6 is 0 Å². The normalized spacial score (nSPS) is 19.4. The molecule has 0 fully saturated rings. The van der Waals surface area contributed by atoms with Gasteiger partial charge in [-0.3, -0.25) is 4.90 Å². The Morgan fingerprint density at radius 1 is 1.05 bits per heavy atom. The van der Waals surface area contributed by atoms with E-state index in [0.717, 1.165) is 18.8 Å². The van der Waals surface area contributed by atoms with Crippen molar-refractivity contribution in [3.8, 4) is 5.75 Å². The van der Waals surface area contributed by atoms with Crippen molar-refractivity contribution in [2.45, 2.75) is 19.6 Å². The zero-order valence-electron chi connectivity index (χ0n) is 11.5. The number of aryl methyl sites for hydroxylation is 1. The van der Waals surface area contributed by atoms with E-state index in [1.165, 1.54) is 16.7 Å². The van der Waals surface area contributed by atoms with Crippen LogP contribution in [0, 0.1) is 6.92 Å². The smallest absolute Gasteiger partial charge is 0.136 e.